The highest BCUT2D eigenvalue weighted by Crippen LogP contribution is 2.12. The molecule has 2 amide bonds. The highest BCUT2D eigenvalue weighted by atomic mass is 35.5. The zero-order chi connectivity index (χ0) is 15.3. The lowest BCUT2D eigenvalue weighted by Gasteiger charge is -2.23. The molecule has 2 N–H and O–H groups in total. The minimum absolute atomic E-state index is 0.184. The fourth-order valence-electron chi connectivity index (χ4n) is 1.74. The first-order valence-electron chi connectivity index (χ1n) is 6.30. The monoisotopic (exact) mass is 298 g/mol. The van der Waals surface area contributed by atoms with E-state index in [1.165, 1.54) is 4.90 Å². The molecule has 1 aromatic rings. The Morgan fingerprint density at radius 2 is 2.05 bits per heavy atom. The van der Waals surface area contributed by atoms with E-state index in [2.05, 4.69) is 5.32 Å². The molecule has 6 heteroatoms. The number of hydrogen-bond donors (Lipinski definition) is 2. The van der Waals surface area contributed by atoms with E-state index < -0.39 is 18.0 Å². The number of nitrogens with zero attached hydrogens (tertiary/aromatic N) is 1. The van der Waals surface area contributed by atoms with Gasteiger partial charge in [-0.3, -0.25) is 0 Å². The summed E-state index contributed by atoms with van der Waals surface area (Å²) in [6, 6.07) is 5.85. The standard InChI is InChI=1S/C14H19ClN2O3/c1-9(2)12(13(18)19)16-14(20)17(3)8-10-5-4-6-11(15)7-10/h4-7,9,12H,8H2,1-3H3,(H,16,20)(H,18,19). The third-order valence-electron chi connectivity index (χ3n) is 2.87. The fourth-order valence-corrected chi connectivity index (χ4v) is 1.95. The summed E-state index contributed by atoms with van der Waals surface area (Å²) in [5.41, 5.74) is 0.881. The van der Waals surface area contributed by atoms with Crippen molar-refractivity contribution >= 4 is 23.6 Å². The predicted molar refractivity (Wildman–Crippen MR) is 77.7 cm³/mol. The molecular weight excluding hydrogens is 280 g/mol. The Morgan fingerprint density at radius 1 is 1.40 bits per heavy atom. The van der Waals surface area contributed by atoms with E-state index in [-0.39, 0.29) is 5.92 Å². The van der Waals surface area contributed by atoms with E-state index in [0.717, 1.165) is 5.56 Å². The summed E-state index contributed by atoms with van der Waals surface area (Å²) in [5.74, 6) is -1.22. The van der Waals surface area contributed by atoms with Crippen LogP contribution in [-0.2, 0) is 11.3 Å². The Morgan fingerprint density at radius 3 is 2.55 bits per heavy atom. The van der Waals surface area contributed by atoms with Gasteiger partial charge in [0.25, 0.3) is 0 Å². The summed E-state index contributed by atoms with van der Waals surface area (Å²) in [6.45, 7) is 3.85. The Bertz CT molecular complexity index is 491. The summed E-state index contributed by atoms with van der Waals surface area (Å²) < 4.78 is 0. The maximum Gasteiger partial charge on any atom is 0.326 e. The number of urea groups is 1. The Hall–Kier alpha value is -1.75. The van der Waals surface area contributed by atoms with Crippen LogP contribution >= 0.6 is 11.6 Å². The van der Waals surface area contributed by atoms with Gasteiger partial charge in [0.05, 0.1) is 0 Å². The van der Waals surface area contributed by atoms with Crippen molar-refractivity contribution in [3.05, 3.63) is 34.9 Å². The Kier molecular flexibility index (Phi) is 5.82. The van der Waals surface area contributed by atoms with Crippen LogP contribution in [0.2, 0.25) is 5.02 Å². The van der Waals surface area contributed by atoms with Gasteiger partial charge in [-0.15, -0.1) is 0 Å². The Balaban J connectivity index is 2.65. The predicted octanol–water partition coefficient (Wildman–Crippen LogP) is 2.59. The number of hydrogen-bond acceptors (Lipinski definition) is 2. The van der Waals surface area contributed by atoms with E-state index in [4.69, 9.17) is 16.7 Å². The van der Waals surface area contributed by atoms with Gasteiger partial charge in [0.15, 0.2) is 0 Å². The zero-order valence-electron chi connectivity index (χ0n) is 11.8. The number of rotatable bonds is 5. The molecule has 0 fully saturated rings. The van der Waals surface area contributed by atoms with Crippen molar-refractivity contribution < 1.29 is 14.7 Å². The summed E-state index contributed by atoms with van der Waals surface area (Å²) in [4.78, 5) is 24.4. The van der Waals surface area contributed by atoms with Crippen LogP contribution in [0.15, 0.2) is 24.3 Å². The van der Waals surface area contributed by atoms with Crippen molar-refractivity contribution in [2.45, 2.75) is 26.4 Å². The topological polar surface area (TPSA) is 69.6 Å². The average molecular weight is 299 g/mol. The number of aliphatic carboxylic acids is 1. The van der Waals surface area contributed by atoms with Crippen molar-refractivity contribution in [1.29, 1.82) is 0 Å². The largest absolute Gasteiger partial charge is 0.480 e. The smallest absolute Gasteiger partial charge is 0.326 e. The number of amides is 2. The van der Waals surface area contributed by atoms with Crippen molar-refractivity contribution in [2.75, 3.05) is 7.05 Å². The molecule has 1 unspecified atom stereocenters. The molecule has 1 rings (SSSR count). The van der Waals surface area contributed by atoms with Crippen molar-refractivity contribution in [3.63, 3.8) is 0 Å². The van der Waals surface area contributed by atoms with Crippen molar-refractivity contribution in [3.8, 4) is 0 Å². The highest BCUT2D eigenvalue weighted by Gasteiger charge is 2.24. The normalized spacial score (nSPS) is 12.1. The molecule has 1 atom stereocenters. The van der Waals surface area contributed by atoms with E-state index in [1.807, 2.05) is 6.07 Å². The van der Waals surface area contributed by atoms with Gasteiger partial charge in [-0.05, 0) is 23.6 Å². The van der Waals surface area contributed by atoms with Gasteiger partial charge >= 0.3 is 12.0 Å². The maximum absolute atomic E-state index is 12.0. The first-order valence-corrected chi connectivity index (χ1v) is 6.68. The molecule has 0 bridgehead atoms. The summed E-state index contributed by atoms with van der Waals surface area (Å²) >= 11 is 5.88. The van der Waals surface area contributed by atoms with Gasteiger partial charge < -0.3 is 15.3 Å². The van der Waals surface area contributed by atoms with Crippen LogP contribution in [-0.4, -0.2) is 35.1 Å². The Labute approximate surface area is 123 Å². The van der Waals surface area contributed by atoms with E-state index in [9.17, 15) is 9.59 Å². The molecule has 0 spiro atoms. The number of carboxylic acids is 1. The van der Waals surface area contributed by atoms with Gasteiger partial charge in [-0.1, -0.05) is 37.6 Å². The van der Waals surface area contributed by atoms with Gasteiger partial charge in [-0.25, -0.2) is 9.59 Å². The lowest BCUT2D eigenvalue weighted by atomic mass is 10.1. The first kappa shape index (κ1) is 16.3. The van der Waals surface area contributed by atoms with Gasteiger partial charge in [0, 0.05) is 18.6 Å². The molecule has 1 aromatic carbocycles. The average Bonchev–Trinajstić information content (AvgIpc) is 2.34. The number of carbonyl (C=O) groups is 2. The number of carbonyl (C=O) groups excluding carboxylic acids is 1. The van der Waals surface area contributed by atoms with Crippen LogP contribution in [0.3, 0.4) is 0 Å². The lowest BCUT2D eigenvalue weighted by molar-refractivity contribution is -0.140. The van der Waals surface area contributed by atoms with E-state index in [1.54, 1.807) is 39.1 Å². The number of carboxylic acid groups (broad SMARTS) is 1. The quantitative estimate of drug-likeness (QED) is 0.878. The molecule has 20 heavy (non-hydrogen) atoms. The van der Waals surface area contributed by atoms with Crippen LogP contribution in [0.25, 0.3) is 0 Å². The third-order valence-corrected chi connectivity index (χ3v) is 3.10. The summed E-state index contributed by atoms with van der Waals surface area (Å²) in [7, 11) is 1.61. The fraction of sp³-hybridized carbons (Fsp3) is 0.429. The molecule has 0 aliphatic carbocycles. The van der Waals surface area contributed by atoms with Gasteiger partial charge in [0.2, 0.25) is 0 Å². The second-order valence-corrected chi connectivity index (χ2v) is 5.43. The van der Waals surface area contributed by atoms with E-state index >= 15 is 0 Å². The minimum Gasteiger partial charge on any atom is -0.480 e. The highest BCUT2D eigenvalue weighted by molar-refractivity contribution is 6.30. The molecule has 5 nitrogen and oxygen atoms in total. The van der Waals surface area contributed by atoms with Gasteiger partial charge in [-0.2, -0.15) is 0 Å². The molecule has 0 saturated carbocycles. The molecule has 0 saturated heterocycles. The third kappa shape index (κ3) is 4.74. The van der Waals surface area contributed by atoms with Crippen LogP contribution in [0.5, 0.6) is 0 Å². The summed E-state index contributed by atoms with van der Waals surface area (Å²) in [6.07, 6.45) is 0. The van der Waals surface area contributed by atoms with Crippen molar-refractivity contribution in [2.24, 2.45) is 5.92 Å². The van der Waals surface area contributed by atoms with Crippen molar-refractivity contribution in [1.82, 2.24) is 10.2 Å². The molecule has 0 aliphatic rings. The number of halogens is 1. The number of benzene rings is 1. The second-order valence-electron chi connectivity index (χ2n) is 5.00. The zero-order valence-corrected chi connectivity index (χ0v) is 12.5. The lowest BCUT2D eigenvalue weighted by Crippen LogP contribution is -2.48. The molecule has 0 radical (unpaired) electrons. The molecular formula is C14H19ClN2O3. The SMILES string of the molecule is CC(C)C(NC(=O)N(C)Cc1cccc(Cl)c1)C(=O)O. The molecule has 0 heterocycles. The van der Waals surface area contributed by atoms with Crippen LogP contribution in [0.4, 0.5) is 4.79 Å². The first-order chi connectivity index (χ1) is 9.31. The van der Waals surface area contributed by atoms with Crippen LogP contribution < -0.4 is 5.32 Å². The minimum atomic E-state index is -1.04. The maximum atomic E-state index is 12.0. The second kappa shape index (κ2) is 7.14. The van der Waals surface area contributed by atoms with Crippen LogP contribution in [0.1, 0.15) is 19.4 Å². The number of nitrogens with one attached hydrogen (secondary N) is 1. The van der Waals surface area contributed by atoms with Gasteiger partial charge in [0.1, 0.15) is 6.04 Å². The molecule has 0 aliphatic heterocycles. The molecule has 0 aromatic heterocycles. The van der Waals surface area contributed by atoms with E-state index in [0.29, 0.717) is 11.6 Å². The van der Waals surface area contributed by atoms with Crippen LogP contribution in [0, 0.1) is 5.92 Å². The summed E-state index contributed by atoms with van der Waals surface area (Å²) in [5, 5.41) is 12.2. The molecule has 110 valence electrons.